The Balaban J connectivity index is 1.65. The fourth-order valence-electron chi connectivity index (χ4n) is 3.27. The Hall–Kier alpha value is -1.57. The average molecular weight is 363 g/mol. The maximum Gasteiger partial charge on any atom is 0.133 e. The number of benzene rings is 1. The number of alkyl halides is 1. The average Bonchev–Trinajstić information content (AvgIpc) is 3.19. The van der Waals surface area contributed by atoms with Gasteiger partial charge in [0.15, 0.2) is 0 Å². The molecule has 2 aliphatic rings. The summed E-state index contributed by atoms with van der Waals surface area (Å²) >= 11 is 1.51. The number of piperidine rings is 1. The minimum Gasteiger partial charge on any atom is -0.378 e. The predicted molar refractivity (Wildman–Crippen MR) is 96.5 cm³/mol. The van der Waals surface area contributed by atoms with Gasteiger partial charge in [0.05, 0.1) is 38.6 Å². The van der Waals surface area contributed by atoms with Gasteiger partial charge in [-0.3, -0.25) is 0 Å². The van der Waals surface area contributed by atoms with Crippen LogP contribution in [0.2, 0.25) is 0 Å². The molecular formula is C17H18FN3OS2. The van der Waals surface area contributed by atoms with E-state index in [1.165, 1.54) is 11.3 Å². The van der Waals surface area contributed by atoms with Crippen molar-refractivity contribution < 1.29 is 8.60 Å². The lowest BCUT2D eigenvalue weighted by atomic mass is 10.0. The van der Waals surface area contributed by atoms with E-state index in [4.69, 9.17) is 0 Å². The van der Waals surface area contributed by atoms with E-state index in [1.807, 2.05) is 35.5 Å². The van der Waals surface area contributed by atoms with Gasteiger partial charge in [-0.15, -0.1) is 11.3 Å². The lowest BCUT2D eigenvalue weighted by Gasteiger charge is -2.33. The van der Waals surface area contributed by atoms with Gasteiger partial charge in [-0.05, 0) is 19.5 Å². The van der Waals surface area contributed by atoms with Gasteiger partial charge in [-0.25, -0.2) is 13.6 Å². The number of likely N-dealkylation sites (tertiary alicyclic amines) is 1. The molecule has 1 fully saturated rings. The number of thiazole rings is 1. The van der Waals surface area contributed by atoms with Crippen LogP contribution >= 0.6 is 11.3 Å². The highest BCUT2D eigenvalue weighted by Gasteiger charge is 2.30. The summed E-state index contributed by atoms with van der Waals surface area (Å²) in [5, 5.41) is 7.00. The van der Waals surface area contributed by atoms with Crippen LogP contribution in [0.4, 0.5) is 10.1 Å². The fourth-order valence-corrected chi connectivity index (χ4v) is 5.14. The molecule has 1 N–H and O–H groups in total. The lowest BCUT2D eigenvalue weighted by molar-refractivity contribution is 0.149. The third kappa shape index (κ3) is 2.81. The molecule has 24 heavy (non-hydrogen) atoms. The summed E-state index contributed by atoms with van der Waals surface area (Å²) < 4.78 is 27.0. The van der Waals surface area contributed by atoms with Crippen molar-refractivity contribution in [3.63, 3.8) is 0 Å². The molecule has 4 nitrogen and oxygen atoms in total. The molecule has 7 heteroatoms. The van der Waals surface area contributed by atoms with Crippen molar-refractivity contribution in [1.29, 1.82) is 0 Å². The van der Waals surface area contributed by atoms with E-state index in [2.05, 4.69) is 10.3 Å². The second-order valence-corrected chi connectivity index (χ2v) is 8.16. The first-order valence-corrected chi connectivity index (χ1v) is 10.0. The van der Waals surface area contributed by atoms with Crippen molar-refractivity contribution >= 4 is 33.4 Å². The normalized spacial score (nSPS) is 26.9. The quantitative estimate of drug-likeness (QED) is 0.910. The topological polar surface area (TPSA) is 45.2 Å². The Bertz CT molecular complexity index is 806. The molecule has 0 spiro atoms. The van der Waals surface area contributed by atoms with Crippen LogP contribution in [0.25, 0.3) is 5.57 Å². The number of nitrogens with zero attached hydrogens (tertiary/aromatic N) is 2. The van der Waals surface area contributed by atoms with Gasteiger partial charge in [0.1, 0.15) is 6.17 Å². The third-order valence-corrected chi connectivity index (χ3v) is 6.40. The third-order valence-electron chi connectivity index (χ3n) is 4.52. The van der Waals surface area contributed by atoms with Crippen LogP contribution in [0.1, 0.15) is 17.7 Å². The van der Waals surface area contributed by atoms with Crippen molar-refractivity contribution in [3.05, 3.63) is 45.8 Å². The van der Waals surface area contributed by atoms with Gasteiger partial charge in [-0.1, -0.05) is 12.1 Å². The zero-order valence-corrected chi connectivity index (χ0v) is 14.9. The zero-order chi connectivity index (χ0) is 16.7. The van der Waals surface area contributed by atoms with E-state index < -0.39 is 17.0 Å². The Kier molecular flexibility index (Phi) is 4.24. The molecule has 0 aliphatic carbocycles. The summed E-state index contributed by atoms with van der Waals surface area (Å²) in [7, 11) is 0.693. The number of fused-ring (bicyclic) bond motifs is 1. The summed E-state index contributed by atoms with van der Waals surface area (Å²) in [6.45, 7) is 1.29. The number of aromatic nitrogens is 1. The molecular weight excluding hydrogens is 345 g/mol. The molecule has 0 amide bonds. The molecule has 2 aromatic rings. The number of hydrogen-bond donors (Lipinski definition) is 1. The van der Waals surface area contributed by atoms with E-state index in [-0.39, 0.29) is 6.04 Å². The molecule has 0 radical (unpaired) electrons. The molecule has 1 aromatic carbocycles. The number of nitrogens with one attached hydrogen (secondary N) is 1. The summed E-state index contributed by atoms with van der Waals surface area (Å²) in [6, 6.07) is 5.53. The predicted octanol–water partition coefficient (Wildman–Crippen LogP) is 3.11. The highest BCUT2D eigenvalue weighted by atomic mass is 32.2. The maximum absolute atomic E-state index is 14.3. The van der Waals surface area contributed by atoms with E-state index in [0.29, 0.717) is 6.54 Å². The summed E-state index contributed by atoms with van der Waals surface area (Å²) in [5.74, 6) is 0. The standard InChI is InChI=1S/C17H18FN3OS2/c1-21-6-5-14(13(18)7-21)20-15-4-2-3-11-12(9-24(22)17(11)15)16-8-23-10-19-16/h2-4,8-10,13-14,20H,5-7H2,1H3/t13-,14-,24?/m0/s1. The Morgan fingerprint density at radius 2 is 2.33 bits per heavy atom. The summed E-state index contributed by atoms with van der Waals surface area (Å²) in [4.78, 5) is 7.07. The number of anilines is 1. The molecule has 2 aliphatic heterocycles. The molecule has 1 unspecified atom stereocenters. The van der Waals surface area contributed by atoms with Crippen LogP contribution in [-0.4, -0.2) is 46.4 Å². The van der Waals surface area contributed by atoms with Gasteiger partial charge in [-0.2, -0.15) is 0 Å². The molecule has 3 heterocycles. The SMILES string of the molecule is CN1CC[C@H](Nc2cccc3c2S(=O)C=C3c2cscn2)[C@@H](F)C1. The maximum atomic E-state index is 14.3. The minimum absolute atomic E-state index is 0.243. The monoisotopic (exact) mass is 363 g/mol. The Labute approximate surface area is 146 Å². The van der Waals surface area contributed by atoms with Gasteiger partial charge >= 0.3 is 0 Å². The van der Waals surface area contributed by atoms with Crippen molar-refractivity contribution in [1.82, 2.24) is 9.88 Å². The molecule has 4 rings (SSSR count). The number of hydrogen-bond acceptors (Lipinski definition) is 5. The van der Waals surface area contributed by atoms with Crippen molar-refractivity contribution in [2.24, 2.45) is 0 Å². The first kappa shape index (κ1) is 15.9. The van der Waals surface area contributed by atoms with Crippen molar-refractivity contribution in [2.75, 3.05) is 25.5 Å². The van der Waals surface area contributed by atoms with E-state index in [1.54, 1.807) is 10.9 Å². The summed E-state index contributed by atoms with van der Waals surface area (Å²) in [5.41, 5.74) is 5.20. The van der Waals surface area contributed by atoms with Crippen LogP contribution in [-0.2, 0) is 10.8 Å². The van der Waals surface area contributed by atoms with Gasteiger partial charge in [0.2, 0.25) is 0 Å². The van der Waals surface area contributed by atoms with E-state index in [9.17, 15) is 8.60 Å². The first-order chi connectivity index (χ1) is 11.6. The van der Waals surface area contributed by atoms with Gasteiger partial charge in [0.25, 0.3) is 0 Å². The lowest BCUT2D eigenvalue weighted by Crippen LogP contribution is -2.46. The molecule has 1 aromatic heterocycles. The second-order valence-electron chi connectivity index (χ2n) is 6.20. The van der Waals surface area contributed by atoms with E-state index in [0.717, 1.165) is 40.4 Å². The molecule has 126 valence electrons. The first-order valence-electron chi connectivity index (χ1n) is 7.87. The highest BCUT2D eigenvalue weighted by molar-refractivity contribution is 7.88. The minimum atomic E-state index is -1.24. The van der Waals surface area contributed by atoms with Gasteiger partial charge < -0.3 is 10.2 Å². The smallest absolute Gasteiger partial charge is 0.133 e. The van der Waals surface area contributed by atoms with Gasteiger partial charge in [0, 0.05) is 35.0 Å². The number of rotatable bonds is 3. The van der Waals surface area contributed by atoms with Crippen LogP contribution in [0, 0.1) is 0 Å². The second kappa shape index (κ2) is 6.38. The molecule has 0 bridgehead atoms. The van der Waals surface area contributed by atoms with Crippen LogP contribution < -0.4 is 5.32 Å². The van der Waals surface area contributed by atoms with E-state index >= 15 is 0 Å². The number of halogens is 1. The largest absolute Gasteiger partial charge is 0.378 e. The molecule has 1 saturated heterocycles. The summed E-state index contributed by atoms with van der Waals surface area (Å²) in [6.07, 6.45) is -0.194. The molecule has 3 atom stereocenters. The zero-order valence-electron chi connectivity index (χ0n) is 13.2. The van der Waals surface area contributed by atoms with Crippen molar-refractivity contribution in [2.45, 2.75) is 23.5 Å². The Morgan fingerprint density at radius 1 is 1.46 bits per heavy atom. The Morgan fingerprint density at radius 3 is 3.08 bits per heavy atom. The van der Waals surface area contributed by atoms with Crippen molar-refractivity contribution in [3.8, 4) is 0 Å². The highest BCUT2D eigenvalue weighted by Crippen LogP contribution is 2.39. The molecule has 0 saturated carbocycles. The van der Waals surface area contributed by atoms with Crippen LogP contribution in [0.5, 0.6) is 0 Å². The fraction of sp³-hybridized carbons (Fsp3) is 0.353. The van der Waals surface area contributed by atoms with Crippen LogP contribution in [0.15, 0.2) is 39.4 Å². The van der Waals surface area contributed by atoms with Crippen LogP contribution in [0.3, 0.4) is 0 Å².